The molecule has 1 aromatic rings. The maximum absolute atomic E-state index is 11.7. The van der Waals surface area contributed by atoms with Crippen LogP contribution >= 0.6 is 0 Å². The number of anilines is 1. The average molecular weight is 263 g/mol. The minimum absolute atomic E-state index is 0.680. The van der Waals surface area contributed by atoms with Gasteiger partial charge >= 0.3 is 5.97 Å². The molecule has 1 saturated carbocycles. The molecule has 0 atom stereocenters. The molecule has 0 heterocycles. The van der Waals surface area contributed by atoms with Crippen LogP contribution in [-0.4, -0.2) is 23.7 Å². The van der Waals surface area contributed by atoms with E-state index < -0.39 is 11.5 Å². The van der Waals surface area contributed by atoms with Crippen molar-refractivity contribution in [2.45, 2.75) is 44.1 Å². The van der Waals surface area contributed by atoms with Crippen LogP contribution in [0.3, 0.4) is 0 Å². The topological polar surface area (TPSA) is 58.6 Å². The van der Waals surface area contributed by atoms with Gasteiger partial charge in [0, 0.05) is 11.8 Å². The normalized spacial score (nSPS) is 18.4. The van der Waals surface area contributed by atoms with Crippen molar-refractivity contribution >= 4 is 11.7 Å². The van der Waals surface area contributed by atoms with Gasteiger partial charge in [0.1, 0.15) is 11.3 Å². The number of carbonyl (C=O) groups is 1. The molecule has 4 heteroatoms. The third-order valence-corrected chi connectivity index (χ3v) is 3.82. The van der Waals surface area contributed by atoms with Crippen molar-refractivity contribution in [1.29, 1.82) is 0 Å². The second-order valence-corrected chi connectivity index (χ2v) is 5.16. The van der Waals surface area contributed by atoms with Crippen LogP contribution in [-0.2, 0) is 4.79 Å². The first-order valence-corrected chi connectivity index (χ1v) is 6.82. The van der Waals surface area contributed by atoms with Crippen molar-refractivity contribution in [3.05, 3.63) is 24.3 Å². The lowest BCUT2D eigenvalue weighted by Gasteiger charge is -2.30. The lowest BCUT2D eigenvalue weighted by Crippen LogP contribution is -2.46. The number of rotatable bonds is 4. The summed E-state index contributed by atoms with van der Waals surface area (Å²) in [5.74, 6) is -0.0172. The highest BCUT2D eigenvalue weighted by Crippen LogP contribution is 2.32. The zero-order chi connectivity index (χ0) is 13.7. The van der Waals surface area contributed by atoms with E-state index in [9.17, 15) is 9.90 Å². The number of hydrogen-bond acceptors (Lipinski definition) is 3. The molecule has 2 N–H and O–H groups in total. The van der Waals surface area contributed by atoms with E-state index in [4.69, 9.17) is 4.74 Å². The Morgan fingerprint density at radius 2 is 1.95 bits per heavy atom. The number of methoxy groups -OCH3 is 1. The minimum atomic E-state index is -0.830. The van der Waals surface area contributed by atoms with Crippen LogP contribution in [0.4, 0.5) is 5.69 Å². The summed E-state index contributed by atoms with van der Waals surface area (Å²) in [6.45, 7) is 0. The van der Waals surface area contributed by atoms with E-state index >= 15 is 0 Å². The highest BCUT2D eigenvalue weighted by Gasteiger charge is 2.38. The van der Waals surface area contributed by atoms with Gasteiger partial charge in [0.05, 0.1) is 7.11 Å². The Balaban J connectivity index is 2.21. The Morgan fingerprint density at radius 1 is 1.26 bits per heavy atom. The number of aliphatic carboxylic acids is 1. The number of nitrogens with one attached hydrogen (secondary N) is 1. The molecule has 1 aliphatic rings. The number of hydrogen-bond donors (Lipinski definition) is 2. The third-order valence-electron chi connectivity index (χ3n) is 3.82. The molecule has 4 nitrogen and oxygen atoms in total. The Bertz CT molecular complexity index is 437. The van der Waals surface area contributed by atoms with Crippen molar-refractivity contribution in [2.75, 3.05) is 12.4 Å². The number of ether oxygens (including phenoxy) is 1. The van der Waals surface area contributed by atoms with E-state index in [1.807, 2.05) is 24.3 Å². The molecule has 19 heavy (non-hydrogen) atoms. The first-order chi connectivity index (χ1) is 9.16. The largest absolute Gasteiger partial charge is 0.497 e. The molecule has 0 spiro atoms. The van der Waals surface area contributed by atoms with Crippen LogP contribution in [0.25, 0.3) is 0 Å². The number of carboxylic acids is 1. The van der Waals surface area contributed by atoms with Crippen molar-refractivity contribution in [3.63, 3.8) is 0 Å². The van der Waals surface area contributed by atoms with Gasteiger partial charge in [-0.25, -0.2) is 4.79 Å². The standard InChI is InChI=1S/C15H21NO3/c1-19-13-8-6-7-12(11-13)16-15(14(17)18)9-4-2-3-5-10-15/h6-8,11,16H,2-5,9-10H2,1H3,(H,17,18). The smallest absolute Gasteiger partial charge is 0.329 e. The monoisotopic (exact) mass is 263 g/mol. The average Bonchev–Trinajstić information content (AvgIpc) is 2.65. The molecule has 104 valence electrons. The first kappa shape index (κ1) is 13.7. The summed E-state index contributed by atoms with van der Waals surface area (Å²) in [6, 6.07) is 7.45. The van der Waals surface area contributed by atoms with Gasteiger partial charge in [0.2, 0.25) is 0 Å². The molecular formula is C15H21NO3. The SMILES string of the molecule is COc1cccc(NC2(C(=O)O)CCCCCC2)c1. The highest BCUT2D eigenvalue weighted by atomic mass is 16.5. The Labute approximate surface area is 113 Å². The van der Waals surface area contributed by atoms with Crippen LogP contribution in [0.2, 0.25) is 0 Å². The fourth-order valence-corrected chi connectivity index (χ4v) is 2.70. The predicted molar refractivity (Wildman–Crippen MR) is 74.7 cm³/mol. The summed E-state index contributed by atoms with van der Waals surface area (Å²) in [4.78, 5) is 11.7. The summed E-state index contributed by atoms with van der Waals surface area (Å²) in [5, 5.41) is 12.8. The first-order valence-electron chi connectivity index (χ1n) is 6.82. The fraction of sp³-hybridized carbons (Fsp3) is 0.533. The molecule has 1 aliphatic carbocycles. The zero-order valence-corrected chi connectivity index (χ0v) is 11.3. The molecule has 0 unspecified atom stereocenters. The molecule has 0 aliphatic heterocycles. The molecule has 0 saturated heterocycles. The summed E-state index contributed by atoms with van der Waals surface area (Å²) in [7, 11) is 1.61. The van der Waals surface area contributed by atoms with Gasteiger partial charge in [0.15, 0.2) is 0 Å². The maximum Gasteiger partial charge on any atom is 0.329 e. The molecule has 1 aromatic carbocycles. The molecule has 0 aromatic heterocycles. The quantitative estimate of drug-likeness (QED) is 0.818. The van der Waals surface area contributed by atoms with Crippen LogP contribution < -0.4 is 10.1 Å². The van der Waals surface area contributed by atoms with Gasteiger partial charge in [0.25, 0.3) is 0 Å². The lowest BCUT2D eigenvalue weighted by molar-refractivity contribution is -0.142. The lowest BCUT2D eigenvalue weighted by atomic mass is 9.90. The predicted octanol–water partition coefficient (Wildman–Crippen LogP) is 3.28. The Morgan fingerprint density at radius 3 is 2.53 bits per heavy atom. The van der Waals surface area contributed by atoms with E-state index in [2.05, 4.69) is 5.32 Å². The summed E-state index contributed by atoms with van der Waals surface area (Å²) in [5.41, 5.74) is -0.0216. The fourth-order valence-electron chi connectivity index (χ4n) is 2.70. The van der Waals surface area contributed by atoms with Crippen LogP contribution in [0, 0.1) is 0 Å². The van der Waals surface area contributed by atoms with Gasteiger partial charge in [-0.2, -0.15) is 0 Å². The summed E-state index contributed by atoms with van der Waals surface area (Å²) in [6.07, 6.45) is 5.52. The molecule has 2 rings (SSSR count). The Hall–Kier alpha value is -1.71. The molecule has 1 fully saturated rings. The van der Waals surface area contributed by atoms with Gasteiger partial charge < -0.3 is 15.2 Å². The second kappa shape index (κ2) is 5.95. The highest BCUT2D eigenvalue weighted by molar-refractivity contribution is 5.83. The van der Waals surface area contributed by atoms with Crippen molar-refractivity contribution in [1.82, 2.24) is 0 Å². The molecular weight excluding hydrogens is 242 g/mol. The molecule has 0 amide bonds. The van der Waals surface area contributed by atoms with Crippen LogP contribution in [0.15, 0.2) is 24.3 Å². The second-order valence-electron chi connectivity index (χ2n) is 5.16. The van der Waals surface area contributed by atoms with E-state index in [-0.39, 0.29) is 0 Å². The van der Waals surface area contributed by atoms with Crippen molar-refractivity contribution in [2.24, 2.45) is 0 Å². The zero-order valence-electron chi connectivity index (χ0n) is 11.3. The van der Waals surface area contributed by atoms with Gasteiger partial charge in [-0.15, -0.1) is 0 Å². The maximum atomic E-state index is 11.7. The minimum Gasteiger partial charge on any atom is -0.497 e. The molecule has 0 bridgehead atoms. The number of benzene rings is 1. The van der Waals surface area contributed by atoms with Crippen molar-refractivity contribution in [3.8, 4) is 5.75 Å². The van der Waals surface area contributed by atoms with Gasteiger partial charge in [-0.1, -0.05) is 31.7 Å². The van der Waals surface area contributed by atoms with Crippen LogP contribution in [0.1, 0.15) is 38.5 Å². The summed E-state index contributed by atoms with van der Waals surface area (Å²) >= 11 is 0. The van der Waals surface area contributed by atoms with E-state index in [0.717, 1.165) is 37.1 Å². The summed E-state index contributed by atoms with van der Waals surface area (Å²) < 4.78 is 5.17. The van der Waals surface area contributed by atoms with Gasteiger partial charge in [-0.3, -0.25) is 0 Å². The Kier molecular flexibility index (Phi) is 4.30. The molecule has 0 radical (unpaired) electrons. The van der Waals surface area contributed by atoms with E-state index in [0.29, 0.717) is 12.8 Å². The van der Waals surface area contributed by atoms with Crippen LogP contribution in [0.5, 0.6) is 5.75 Å². The third kappa shape index (κ3) is 3.19. The van der Waals surface area contributed by atoms with E-state index in [1.54, 1.807) is 7.11 Å². The van der Waals surface area contributed by atoms with Gasteiger partial charge in [-0.05, 0) is 25.0 Å². The van der Waals surface area contributed by atoms with E-state index in [1.165, 1.54) is 0 Å². The van der Waals surface area contributed by atoms with Crippen molar-refractivity contribution < 1.29 is 14.6 Å². The number of carboxylic acid groups (broad SMARTS) is 1.